The maximum atomic E-state index is 11.5. The molecule has 0 bridgehead atoms. The molecule has 0 aromatic carbocycles. The average Bonchev–Trinajstić information content (AvgIpc) is 2.85. The van der Waals surface area contributed by atoms with Crippen molar-refractivity contribution in [2.75, 3.05) is 6.61 Å². The van der Waals surface area contributed by atoms with Crippen LogP contribution in [0.1, 0.15) is 28.8 Å². The summed E-state index contributed by atoms with van der Waals surface area (Å²) in [5.74, 6) is -0.392. The SMILES string of the molecule is CCOC(=O)c1csc(-n2nc(C)cc2C)n1. The predicted octanol–water partition coefficient (Wildman–Crippen LogP) is 2.12. The Morgan fingerprint density at radius 1 is 1.53 bits per heavy atom. The van der Waals surface area contributed by atoms with E-state index >= 15 is 0 Å². The largest absolute Gasteiger partial charge is 0.461 e. The van der Waals surface area contributed by atoms with Crippen LogP contribution in [-0.4, -0.2) is 27.3 Å². The molecule has 17 heavy (non-hydrogen) atoms. The zero-order chi connectivity index (χ0) is 12.4. The molecule has 0 radical (unpaired) electrons. The van der Waals surface area contributed by atoms with E-state index in [2.05, 4.69) is 10.1 Å². The molecule has 2 aromatic rings. The van der Waals surface area contributed by atoms with Crippen LogP contribution in [0.4, 0.5) is 0 Å². The van der Waals surface area contributed by atoms with E-state index in [9.17, 15) is 4.79 Å². The molecule has 0 aliphatic rings. The molecule has 0 aliphatic carbocycles. The second kappa shape index (κ2) is 4.67. The van der Waals surface area contributed by atoms with Crippen LogP contribution in [0.25, 0.3) is 5.13 Å². The van der Waals surface area contributed by atoms with Gasteiger partial charge in [0.15, 0.2) is 5.69 Å². The van der Waals surface area contributed by atoms with E-state index < -0.39 is 5.97 Å². The Bertz CT molecular complexity index is 545. The van der Waals surface area contributed by atoms with Gasteiger partial charge in [-0.1, -0.05) is 0 Å². The van der Waals surface area contributed by atoms with Gasteiger partial charge in [0.05, 0.1) is 12.3 Å². The number of aromatic nitrogens is 3. The fraction of sp³-hybridized carbons (Fsp3) is 0.364. The molecule has 0 amide bonds. The quantitative estimate of drug-likeness (QED) is 0.784. The molecule has 0 N–H and O–H groups in total. The molecule has 2 rings (SSSR count). The molecular weight excluding hydrogens is 238 g/mol. The highest BCUT2D eigenvalue weighted by molar-refractivity contribution is 7.12. The summed E-state index contributed by atoms with van der Waals surface area (Å²) in [6, 6.07) is 1.96. The number of thiazole rings is 1. The van der Waals surface area contributed by atoms with Crippen molar-refractivity contribution in [2.45, 2.75) is 20.8 Å². The van der Waals surface area contributed by atoms with Gasteiger partial charge in [-0.2, -0.15) is 5.10 Å². The summed E-state index contributed by atoms with van der Waals surface area (Å²) in [5.41, 5.74) is 2.25. The summed E-state index contributed by atoms with van der Waals surface area (Å²) in [5, 5.41) is 6.68. The molecule has 0 unspecified atom stereocenters. The highest BCUT2D eigenvalue weighted by atomic mass is 32.1. The summed E-state index contributed by atoms with van der Waals surface area (Å²) in [6.07, 6.45) is 0. The number of hydrogen-bond acceptors (Lipinski definition) is 5. The van der Waals surface area contributed by atoms with Gasteiger partial charge in [0.25, 0.3) is 0 Å². The lowest BCUT2D eigenvalue weighted by Crippen LogP contribution is -2.06. The summed E-state index contributed by atoms with van der Waals surface area (Å²) < 4.78 is 6.61. The Morgan fingerprint density at radius 2 is 2.29 bits per heavy atom. The van der Waals surface area contributed by atoms with Gasteiger partial charge in [-0.15, -0.1) is 11.3 Å². The number of rotatable bonds is 3. The van der Waals surface area contributed by atoms with E-state index in [4.69, 9.17) is 4.74 Å². The normalized spacial score (nSPS) is 10.5. The molecule has 0 saturated heterocycles. The third kappa shape index (κ3) is 2.36. The first-order chi connectivity index (χ1) is 8.11. The fourth-order valence-corrected chi connectivity index (χ4v) is 2.28. The Morgan fingerprint density at radius 3 is 2.88 bits per heavy atom. The van der Waals surface area contributed by atoms with Gasteiger partial charge in [0.2, 0.25) is 5.13 Å². The third-order valence-corrected chi connectivity index (χ3v) is 2.98. The maximum absolute atomic E-state index is 11.5. The highest BCUT2D eigenvalue weighted by Gasteiger charge is 2.14. The van der Waals surface area contributed by atoms with Crippen molar-refractivity contribution >= 4 is 17.3 Å². The van der Waals surface area contributed by atoms with Crippen molar-refractivity contribution in [3.63, 3.8) is 0 Å². The average molecular weight is 251 g/mol. The molecule has 0 saturated carbocycles. The fourth-order valence-electron chi connectivity index (χ4n) is 1.48. The minimum absolute atomic E-state index is 0.333. The molecule has 0 spiro atoms. The molecule has 90 valence electrons. The summed E-state index contributed by atoms with van der Waals surface area (Å²) in [6.45, 7) is 5.99. The van der Waals surface area contributed by atoms with Crippen molar-refractivity contribution in [3.8, 4) is 5.13 Å². The molecule has 0 atom stereocenters. The molecule has 0 aliphatic heterocycles. The summed E-state index contributed by atoms with van der Waals surface area (Å²) in [7, 11) is 0. The number of hydrogen-bond donors (Lipinski definition) is 0. The highest BCUT2D eigenvalue weighted by Crippen LogP contribution is 2.17. The van der Waals surface area contributed by atoms with Gasteiger partial charge in [-0.3, -0.25) is 0 Å². The number of aryl methyl sites for hydroxylation is 2. The first-order valence-corrected chi connectivity index (χ1v) is 6.16. The molecule has 2 heterocycles. The number of nitrogens with zero attached hydrogens (tertiary/aromatic N) is 3. The van der Waals surface area contributed by atoms with E-state index in [1.807, 2.05) is 19.9 Å². The molecule has 2 aromatic heterocycles. The van der Waals surface area contributed by atoms with Crippen molar-refractivity contribution in [2.24, 2.45) is 0 Å². The Hall–Kier alpha value is -1.69. The lowest BCUT2D eigenvalue weighted by molar-refractivity contribution is 0.0520. The van der Waals surface area contributed by atoms with Crippen LogP contribution in [0.2, 0.25) is 0 Å². The van der Waals surface area contributed by atoms with Crippen molar-refractivity contribution in [1.29, 1.82) is 0 Å². The van der Waals surface area contributed by atoms with Gasteiger partial charge >= 0.3 is 5.97 Å². The van der Waals surface area contributed by atoms with Crippen molar-refractivity contribution < 1.29 is 9.53 Å². The van der Waals surface area contributed by atoms with Crippen LogP contribution in [0.3, 0.4) is 0 Å². The zero-order valence-electron chi connectivity index (χ0n) is 9.93. The van der Waals surface area contributed by atoms with Crippen molar-refractivity contribution in [1.82, 2.24) is 14.8 Å². The molecule has 6 heteroatoms. The summed E-state index contributed by atoms with van der Waals surface area (Å²) in [4.78, 5) is 15.7. The van der Waals surface area contributed by atoms with E-state index in [1.54, 1.807) is 17.0 Å². The Labute approximate surface area is 103 Å². The second-order valence-corrected chi connectivity index (χ2v) is 4.41. The van der Waals surface area contributed by atoms with Gasteiger partial charge in [0, 0.05) is 11.1 Å². The van der Waals surface area contributed by atoms with Crippen LogP contribution in [0, 0.1) is 13.8 Å². The first-order valence-electron chi connectivity index (χ1n) is 5.28. The smallest absolute Gasteiger partial charge is 0.357 e. The standard InChI is InChI=1S/C11H13N3O2S/c1-4-16-10(15)9-6-17-11(12-9)14-8(3)5-7(2)13-14/h5-6H,4H2,1-3H3. The topological polar surface area (TPSA) is 57.0 Å². The van der Waals surface area contributed by atoms with Crippen LogP contribution in [-0.2, 0) is 4.74 Å². The van der Waals surface area contributed by atoms with Crippen LogP contribution < -0.4 is 0 Å². The Kier molecular flexibility index (Phi) is 3.23. The van der Waals surface area contributed by atoms with Crippen LogP contribution >= 0.6 is 11.3 Å². The van der Waals surface area contributed by atoms with Crippen molar-refractivity contribution in [3.05, 3.63) is 28.5 Å². The maximum Gasteiger partial charge on any atom is 0.357 e. The molecule has 0 fully saturated rings. The van der Waals surface area contributed by atoms with Gasteiger partial charge in [-0.05, 0) is 26.8 Å². The lowest BCUT2D eigenvalue weighted by Gasteiger charge is -1.98. The molecule has 5 nitrogen and oxygen atoms in total. The number of carbonyl (C=O) groups excluding carboxylic acids is 1. The van der Waals surface area contributed by atoms with Gasteiger partial charge in [0.1, 0.15) is 0 Å². The summed E-state index contributed by atoms with van der Waals surface area (Å²) >= 11 is 1.37. The first kappa shape index (κ1) is 11.8. The zero-order valence-corrected chi connectivity index (χ0v) is 10.7. The minimum Gasteiger partial charge on any atom is -0.461 e. The number of carbonyl (C=O) groups is 1. The number of ether oxygens (including phenoxy) is 1. The second-order valence-electron chi connectivity index (χ2n) is 3.57. The predicted molar refractivity (Wildman–Crippen MR) is 64.7 cm³/mol. The van der Waals surface area contributed by atoms with Crippen LogP contribution in [0.5, 0.6) is 0 Å². The lowest BCUT2D eigenvalue weighted by atomic mass is 10.4. The van der Waals surface area contributed by atoms with E-state index in [1.165, 1.54) is 11.3 Å². The van der Waals surface area contributed by atoms with E-state index in [-0.39, 0.29) is 0 Å². The van der Waals surface area contributed by atoms with E-state index in [0.29, 0.717) is 17.4 Å². The van der Waals surface area contributed by atoms with Gasteiger partial charge < -0.3 is 4.74 Å². The van der Waals surface area contributed by atoms with E-state index in [0.717, 1.165) is 11.4 Å². The molecular formula is C11H13N3O2S. The van der Waals surface area contributed by atoms with Gasteiger partial charge in [-0.25, -0.2) is 14.5 Å². The number of esters is 1. The minimum atomic E-state index is -0.392. The monoisotopic (exact) mass is 251 g/mol. The third-order valence-electron chi connectivity index (χ3n) is 2.17. The van der Waals surface area contributed by atoms with Crippen LogP contribution in [0.15, 0.2) is 11.4 Å². The Balaban J connectivity index is 2.30.